The van der Waals surface area contributed by atoms with E-state index in [-0.39, 0.29) is 30.9 Å². The van der Waals surface area contributed by atoms with Crippen LogP contribution in [0.25, 0.3) is 0 Å². The number of fused-ring (bicyclic) bond motifs is 2. The summed E-state index contributed by atoms with van der Waals surface area (Å²) in [5.41, 5.74) is -2.91. The second-order valence-electron chi connectivity index (χ2n) is 11.1. The molecule has 1 unspecified atom stereocenters. The van der Waals surface area contributed by atoms with Gasteiger partial charge in [-0.2, -0.15) is 0 Å². The predicted octanol–water partition coefficient (Wildman–Crippen LogP) is 1.67. The van der Waals surface area contributed by atoms with Crippen molar-refractivity contribution in [3.63, 3.8) is 0 Å². The number of likely N-dealkylation sites (tertiary alicyclic amines) is 1. The SMILES string of the molecule is CC(C)[C@H](CO)N1C(=O)[C@@H]2[C@@H]3C(=O)OCCC=C[C@]3(C)O[C@@]23C=CCN(C(C)(C)C)C(=O)C13. The molecule has 0 saturated carbocycles. The number of amides is 2. The zero-order valence-electron chi connectivity index (χ0n) is 20.4. The zero-order valence-corrected chi connectivity index (χ0v) is 20.4. The lowest BCUT2D eigenvalue weighted by Crippen LogP contribution is -2.61. The first kappa shape index (κ1) is 24.0. The lowest BCUT2D eigenvalue weighted by Gasteiger charge is -2.43. The van der Waals surface area contributed by atoms with Crippen molar-refractivity contribution in [3.8, 4) is 0 Å². The first-order valence-corrected chi connectivity index (χ1v) is 11.9. The van der Waals surface area contributed by atoms with E-state index in [0.717, 1.165) is 0 Å². The van der Waals surface area contributed by atoms with E-state index in [1.807, 2.05) is 58.9 Å². The lowest BCUT2D eigenvalue weighted by molar-refractivity contribution is -0.163. The van der Waals surface area contributed by atoms with E-state index >= 15 is 0 Å². The molecule has 0 aromatic carbocycles. The van der Waals surface area contributed by atoms with Crippen molar-refractivity contribution in [2.75, 3.05) is 19.8 Å². The number of cyclic esters (lactones) is 1. The number of carbonyl (C=O) groups excluding carboxylic acids is 3. The van der Waals surface area contributed by atoms with E-state index in [1.54, 1.807) is 11.8 Å². The van der Waals surface area contributed by atoms with Gasteiger partial charge in [0.2, 0.25) is 11.8 Å². The maximum absolute atomic E-state index is 14.1. The van der Waals surface area contributed by atoms with Crippen LogP contribution in [0, 0.1) is 17.8 Å². The molecule has 2 saturated heterocycles. The summed E-state index contributed by atoms with van der Waals surface area (Å²) >= 11 is 0. The molecule has 4 aliphatic heterocycles. The number of carbonyl (C=O) groups is 3. The van der Waals surface area contributed by atoms with Crippen molar-refractivity contribution < 1.29 is 29.0 Å². The van der Waals surface area contributed by atoms with Gasteiger partial charge < -0.3 is 24.4 Å². The minimum absolute atomic E-state index is 0.103. The van der Waals surface area contributed by atoms with Crippen LogP contribution in [0.3, 0.4) is 0 Å². The van der Waals surface area contributed by atoms with Gasteiger partial charge in [-0.05, 0) is 40.0 Å². The Morgan fingerprint density at radius 1 is 1.12 bits per heavy atom. The highest BCUT2D eigenvalue weighted by molar-refractivity contribution is 5.99. The number of aliphatic hydroxyl groups excluding tert-OH is 1. The fourth-order valence-electron chi connectivity index (χ4n) is 6.01. The van der Waals surface area contributed by atoms with E-state index in [2.05, 4.69) is 0 Å². The fraction of sp³-hybridized carbons (Fsp3) is 0.720. The van der Waals surface area contributed by atoms with Gasteiger partial charge in [-0.1, -0.05) is 38.2 Å². The van der Waals surface area contributed by atoms with Crippen LogP contribution in [-0.4, -0.2) is 81.3 Å². The maximum atomic E-state index is 14.1. The highest BCUT2D eigenvalue weighted by Gasteiger charge is 2.75. The monoisotopic (exact) mass is 460 g/mol. The summed E-state index contributed by atoms with van der Waals surface area (Å²) in [4.78, 5) is 44.7. The van der Waals surface area contributed by atoms with Crippen LogP contribution in [0.15, 0.2) is 24.3 Å². The van der Waals surface area contributed by atoms with Crippen LogP contribution < -0.4 is 0 Å². The Kier molecular flexibility index (Phi) is 5.77. The van der Waals surface area contributed by atoms with Crippen molar-refractivity contribution >= 4 is 17.8 Å². The van der Waals surface area contributed by atoms with E-state index < -0.39 is 46.6 Å². The highest BCUT2D eigenvalue weighted by Crippen LogP contribution is 2.58. The molecule has 8 heteroatoms. The van der Waals surface area contributed by atoms with Crippen LogP contribution in [0.2, 0.25) is 0 Å². The molecule has 1 spiro atoms. The summed E-state index contributed by atoms with van der Waals surface area (Å²) in [5, 5.41) is 10.2. The Labute approximate surface area is 195 Å². The largest absolute Gasteiger partial charge is 0.465 e. The molecule has 182 valence electrons. The Morgan fingerprint density at radius 3 is 2.42 bits per heavy atom. The summed E-state index contributed by atoms with van der Waals surface area (Å²) in [7, 11) is 0. The van der Waals surface area contributed by atoms with Gasteiger partial charge in [0.15, 0.2) is 0 Å². The van der Waals surface area contributed by atoms with Gasteiger partial charge in [0, 0.05) is 12.1 Å². The predicted molar refractivity (Wildman–Crippen MR) is 121 cm³/mol. The van der Waals surface area contributed by atoms with Crippen LogP contribution in [0.5, 0.6) is 0 Å². The number of hydrogen-bond donors (Lipinski definition) is 1. The van der Waals surface area contributed by atoms with E-state index in [0.29, 0.717) is 13.0 Å². The van der Waals surface area contributed by atoms with E-state index in [9.17, 15) is 19.5 Å². The molecule has 2 amide bonds. The number of hydrogen-bond acceptors (Lipinski definition) is 6. The Morgan fingerprint density at radius 2 is 1.82 bits per heavy atom. The van der Waals surface area contributed by atoms with Crippen molar-refractivity contribution in [2.24, 2.45) is 17.8 Å². The number of rotatable bonds is 3. The second kappa shape index (κ2) is 7.94. The number of esters is 1. The van der Waals surface area contributed by atoms with Crippen LogP contribution >= 0.6 is 0 Å². The summed E-state index contributed by atoms with van der Waals surface area (Å²) in [5.74, 6) is -2.98. The fourth-order valence-corrected chi connectivity index (χ4v) is 6.01. The quantitative estimate of drug-likeness (QED) is 0.509. The molecular weight excluding hydrogens is 424 g/mol. The van der Waals surface area contributed by atoms with Crippen LogP contribution in [0.1, 0.15) is 48.0 Å². The molecule has 0 aromatic rings. The molecule has 4 heterocycles. The Hall–Kier alpha value is -2.19. The van der Waals surface area contributed by atoms with Crippen molar-refractivity contribution in [1.82, 2.24) is 9.80 Å². The average molecular weight is 461 g/mol. The summed E-state index contributed by atoms with van der Waals surface area (Å²) in [6.07, 6.45) is 7.99. The molecule has 0 radical (unpaired) electrons. The molecule has 4 aliphatic rings. The minimum atomic E-state index is -1.33. The standard InChI is InChI=1S/C25H36N2O6/c1-15(2)16(14-28)27-19-21(30)26(23(3,4)5)12-9-11-25(19)17(20(27)29)18-22(31)32-13-8-7-10-24(18,6)33-25/h7,9-11,15-19,28H,8,12-14H2,1-6H3/t16-,17-,18+,19?,24-,25-/m0/s1. The third-order valence-electron chi connectivity index (χ3n) is 7.58. The van der Waals surface area contributed by atoms with Gasteiger partial charge in [-0.3, -0.25) is 14.4 Å². The van der Waals surface area contributed by atoms with Gasteiger partial charge in [-0.15, -0.1) is 0 Å². The van der Waals surface area contributed by atoms with Gasteiger partial charge in [0.1, 0.15) is 17.6 Å². The molecule has 4 rings (SSSR count). The third kappa shape index (κ3) is 3.44. The van der Waals surface area contributed by atoms with E-state index in [4.69, 9.17) is 9.47 Å². The Bertz CT molecular complexity index is 905. The molecule has 8 nitrogen and oxygen atoms in total. The molecule has 1 N–H and O–H groups in total. The van der Waals surface area contributed by atoms with Crippen LogP contribution in [0.4, 0.5) is 0 Å². The third-order valence-corrected chi connectivity index (χ3v) is 7.58. The topological polar surface area (TPSA) is 96.4 Å². The van der Waals surface area contributed by atoms with Gasteiger partial charge in [0.25, 0.3) is 0 Å². The number of ether oxygens (including phenoxy) is 2. The minimum Gasteiger partial charge on any atom is -0.465 e. The Balaban J connectivity index is 1.94. The smallest absolute Gasteiger partial charge is 0.313 e. The average Bonchev–Trinajstić information content (AvgIpc) is 3.01. The first-order valence-electron chi connectivity index (χ1n) is 11.9. The van der Waals surface area contributed by atoms with E-state index in [1.165, 1.54) is 4.90 Å². The van der Waals surface area contributed by atoms with Gasteiger partial charge >= 0.3 is 5.97 Å². The molecule has 0 aliphatic carbocycles. The summed E-state index contributed by atoms with van der Waals surface area (Å²) in [6.45, 7) is 11.8. The number of nitrogens with zero attached hydrogens (tertiary/aromatic N) is 2. The highest BCUT2D eigenvalue weighted by atomic mass is 16.6. The van der Waals surface area contributed by atoms with Crippen molar-refractivity contribution in [1.29, 1.82) is 0 Å². The molecule has 0 bridgehead atoms. The molecule has 6 atom stereocenters. The lowest BCUT2D eigenvalue weighted by atomic mass is 9.74. The second-order valence-corrected chi connectivity index (χ2v) is 11.1. The molecule has 0 aromatic heterocycles. The van der Waals surface area contributed by atoms with Crippen molar-refractivity contribution in [2.45, 2.75) is 76.8 Å². The summed E-state index contributed by atoms with van der Waals surface area (Å²) in [6, 6.07) is -1.57. The summed E-state index contributed by atoms with van der Waals surface area (Å²) < 4.78 is 12.2. The van der Waals surface area contributed by atoms with Gasteiger partial charge in [-0.25, -0.2) is 0 Å². The number of aliphatic hydroxyl groups is 1. The molecular formula is C25H36N2O6. The van der Waals surface area contributed by atoms with Crippen LogP contribution in [-0.2, 0) is 23.9 Å². The van der Waals surface area contributed by atoms with Gasteiger partial charge in [0.05, 0.1) is 30.8 Å². The maximum Gasteiger partial charge on any atom is 0.313 e. The molecule has 33 heavy (non-hydrogen) atoms. The zero-order chi connectivity index (χ0) is 24.3. The normalized spacial score (nSPS) is 37.3. The van der Waals surface area contributed by atoms with Crippen molar-refractivity contribution in [3.05, 3.63) is 24.3 Å². The first-order chi connectivity index (χ1) is 15.4. The molecule has 2 fully saturated rings.